The van der Waals surface area contributed by atoms with Crippen molar-refractivity contribution >= 4 is 10.0 Å². The minimum absolute atomic E-state index is 0.116. The van der Waals surface area contributed by atoms with Gasteiger partial charge in [0.25, 0.3) is 0 Å². The zero-order valence-electron chi connectivity index (χ0n) is 10.2. The maximum Gasteiger partial charge on any atom is 0.241 e. The lowest BCUT2D eigenvalue weighted by Gasteiger charge is -2.12. The van der Waals surface area contributed by atoms with E-state index in [9.17, 15) is 8.42 Å². The second kappa shape index (κ2) is 5.22. The predicted molar refractivity (Wildman–Crippen MR) is 68.5 cm³/mol. The molecule has 0 aliphatic rings. The maximum absolute atomic E-state index is 12.1. The van der Waals surface area contributed by atoms with E-state index in [2.05, 4.69) is 14.7 Å². The van der Waals surface area contributed by atoms with Crippen LogP contribution < -0.4 is 4.72 Å². The molecule has 6 nitrogen and oxygen atoms in total. The second-order valence-corrected chi connectivity index (χ2v) is 5.67. The predicted octanol–water partition coefficient (Wildman–Crippen LogP) is 1.32. The zero-order valence-corrected chi connectivity index (χ0v) is 11.0. The molecule has 2 rings (SSSR count). The van der Waals surface area contributed by atoms with Crippen molar-refractivity contribution in [3.63, 3.8) is 0 Å². The third-order valence-corrected chi connectivity index (χ3v) is 4.11. The molecule has 19 heavy (non-hydrogen) atoms. The van der Waals surface area contributed by atoms with Crippen LogP contribution in [0.5, 0.6) is 0 Å². The molecule has 1 heterocycles. The lowest BCUT2D eigenvalue weighted by atomic mass is 10.2. The minimum Gasteiger partial charge on any atom is -0.347 e. The topological polar surface area (TPSA) is 98.6 Å². The van der Waals surface area contributed by atoms with Gasteiger partial charge in [-0.3, -0.25) is 0 Å². The smallest absolute Gasteiger partial charge is 0.241 e. The molecule has 7 heteroatoms. The summed E-state index contributed by atoms with van der Waals surface area (Å²) in [6, 6.07) is 7.20. The van der Waals surface area contributed by atoms with Crippen LogP contribution in [-0.4, -0.2) is 18.4 Å². The monoisotopic (exact) mass is 276 g/mol. The van der Waals surface area contributed by atoms with Gasteiger partial charge in [0.2, 0.25) is 10.0 Å². The molecular formula is C12H12N4O2S. The molecule has 1 unspecified atom stereocenters. The van der Waals surface area contributed by atoms with Gasteiger partial charge in [0.15, 0.2) is 0 Å². The normalized spacial score (nSPS) is 12.8. The number of aromatic nitrogens is 2. The number of nitriles is 1. The highest BCUT2D eigenvalue weighted by Gasteiger charge is 2.19. The van der Waals surface area contributed by atoms with Gasteiger partial charge in [-0.05, 0) is 31.2 Å². The molecule has 0 saturated carbocycles. The van der Waals surface area contributed by atoms with Crippen LogP contribution in [0.25, 0.3) is 0 Å². The number of benzene rings is 1. The van der Waals surface area contributed by atoms with Crippen molar-refractivity contribution in [1.29, 1.82) is 5.26 Å². The minimum atomic E-state index is -3.63. The third kappa shape index (κ3) is 2.99. The van der Waals surface area contributed by atoms with E-state index in [-0.39, 0.29) is 4.90 Å². The standard InChI is InChI=1S/C12H12N4O2S/c1-9(12-14-6-7-15-12)16-19(17,18)11-4-2-10(8-13)3-5-11/h2-7,9,16H,1H3,(H,14,15). The Morgan fingerprint density at radius 3 is 2.58 bits per heavy atom. The first-order valence-corrected chi connectivity index (χ1v) is 7.03. The number of nitrogens with zero attached hydrogens (tertiary/aromatic N) is 2. The molecule has 0 saturated heterocycles. The van der Waals surface area contributed by atoms with Gasteiger partial charge in [0.1, 0.15) is 5.82 Å². The lowest BCUT2D eigenvalue weighted by Crippen LogP contribution is -2.27. The van der Waals surface area contributed by atoms with E-state index in [1.165, 1.54) is 24.3 Å². The quantitative estimate of drug-likeness (QED) is 0.879. The van der Waals surface area contributed by atoms with Crippen molar-refractivity contribution in [3.05, 3.63) is 48.0 Å². The van der Waals surface area contributed by atoms with Crippen LogP contribution in [0.3, 0.4) is 0 Å². The molecule has 0 radical (unpaired) electrons. The second-order valence-electron chi connectivity index (χ2n) is 3.95. The number of H-pyrrole nitrogens is 1. The molecule has 2 aromatic rings. The van der Waals surface area contributed by atoms with Gasteiger partial charge in [0, 0.05) is 12.4 Å². The Balaban J connectivity index is 2.20. The summed E-state index contributed by atoms with van der Waals surface area (Å²) >= 11 is 0. The van der Waals surface area contributed by atoms with E-state index < -0.39 is 16.1 Å². The Labute approximate surface area is 111 Å². The maximum atomic E-state index is 12.1. The van der Waals surface area contributed by atoms with Gasteiger partial charge in [-0.15, -0.1) is 0 Å². The highest BCUT2D eigenvalue weighted by molar-refractivity contribution is 7.89. The molecule has 2 N–H and O–H groups in total. The van der Waals surface area contributed by atoms with Crippen molar-refractivity contribution < 1.29 is 8.42 Å². The molecule has 0 aliphatic heterocycles. The summed E-state index contributed by atoms with van der Waals surface area (Å²) in [6.07, 6.45) is 3.18. The lowest BCUT2D eigenvalue weighted by molar-refractivity contribution is 0.561. The van der Waals surface area contributed by atoms with E-state index in [0.29, 0.717) is 11.4 Å². The Morgan fingerprint density at radius 2 is 2.05 bits per heavy atom. The van der Waals surface area contributed by atoms with Gasteiger partial charge < -0.3 is 4.98 Å². The van der Waals surface area contributed by atoms with Crippen molar-refractivity contribution in [3.8, 4) is 6.07 Å². The van der Waals surface area contributed by atoms with Crippen molar-refractivity contribution in [2.45, 2.75) is 17.9 Å². The number of nitrogens with one attached hydrogen (secondary N) is 2. The molecule has 98 valence electrons. The Morgan fingerprint density at radius 1 is 1.37 bits per heavy atom. The molecule has 1 atom stereocenters. The van der Waals surface area contributed by atoms with Crippen molar-refractivity contribution in [2.24, 2.45) is 0 Å². The molecule has 0 amide bonds. The Kier molecular flexibility index (Phi) is 3.64. The number of rotatable bonds is 4. The van der Waals surface area contributed by atoms with E-state index in [1.807, 2.05) is 6.07 Å². The molecule has 0 aliphatic carbocycles. The summed E-state index contributed by atoms with van der Waals surface area (Å²) in [7, 11) is -3.63. The number of hydrogen-bond acceptors (Lipinski definition) is 4. The number of imidazole rings is 1. The summed E-state index contributed by atoms with van der Waals surface area (Å²) in [5.74, 6) is 0.539. The average Bonchev–Trinajstić information content (AvgIpc) is 2.92. The van der Waals surface area contributed by atoms with Crippen LogP contribution in [0, 0.1) is 11.3 Å². The molecule has 1 aromatic heterocycles. The van der Waals surface area contributed by atoms with Crippen LogP contribution in [0.4, 0.5) is 0 Å². The van der Waals surface area contributed by atoms with E-state index in [0.717, 1.165) is 0 Å². The number of hydrogen-bond donors (Lipinski definition) is 2. The van der Waals surface area contributed by atoms with Gasteiger partial charge in [-0.25, -0.2) is 18.1 Å². The van der Waals surface area contributed by atoms with E-state index in [1.54, 1.807) is 19.3 Å². The number of aromatic amines is 1. The fourth-order valence-electron chi connectivity index (χ4n) is 1.58. The van der Waals surface area contributed by atoms with Gasteiger partial charge in [0.05, 0.1) is 22.6 Å². The highest BCUT2D eigenvalue weighted by atomic mass is 32.2. The van der Waals surface area contributed by atoms with Crippen LogP contribution >= 0.6 is 0 Å². The van der Waals surface area contributed by atoms with Crippen LogP contribution in [0.15, 0.2) is 41.6 Å². The fourth-order valence-corrected chi connectivity index (χ4v) is 2.79. The SMILES string of the molecule is CC(NS(=O)(=O)c1ccc(C#N)cc1)c1ncc[nH]1. The summed E-state index contributed by atoms with van der Waals surface area (Å²) in [5, 5.41) is 8.67. The van der Waals surface area contributed by atoms with Gasteiger partial charge in [-0.2, -0.15) is 5.26 Å². The number of sulfonamides is 1. The first-order valence-electron chi connectivity index (χ1n) is 5.55. The van der Waals surface area contributed by atoms with Gasteiger partial charge >= 0.3 is 0 Å². The van der Waals surface area contributed by atoms with Crippen LogP contribution in [0.1, 0.15) is 24.4 Å². The molecule has 0 spiro atoms. The van der Waals surface area contributed by atoms with Crippen molar-refractivity contribution in [1.82, 2.24) is 14.7 Å². The first kappa shape index (κ1) is 13.3. The van der Waals surface area contributed by atoms with E-state index >= 15 is 0 Å². The van der Waals surface area contributed by atoms with Crippen LogP contribution in [0.2, 0.25) is 0 Å². The summed E-state index contributed by atoms with van der Waals surface area (Å²) in [6.45, 7) is 1.69. The molecular weight excluding hydrogens is 264 g/mol. The average molecular weight is 276 g/mol. The zero-order chi connectivity index (χ0) is 13.9. The van der Waals surface area contributed by atoms with E-state index in [4.69, 9.17) is 5.26 Å². The molecule has 0 bridgehead atoms. The summed E-state index contributed by atoms with van der Waals surface area (Å²) in [4.78, 5) is 6.96. The first-order chi connectivity index (χ1) is 9.03. The molecule has 0 fully saturated rings. The van der Waals surface area contributed by atoms with Crippen molar-refractivity contribution in [2.75, 3.05) is 0 Å². The summed E-state index contributed by atoms with van der Waals surface area (Å²) in [5.41, 5.74) is 0.415. The Bertz CT molecular complexity index is 684. The third-order valence-electron chi connectivity index (χ3n) is 2.56. The summed E-state index contributed by atoms with van der Waals surface area (Å²) < 4.78 is 26.7. The van der Waals surface area contributed by atoms with Crippen LogP contribution in [-0.2, 0) is 10.0 Å². The highest BCUT2D eigenvalue weighted by Crippen LogP contribution is 2.14. The molecule has 1 aromatic carbocycles. The largest absolute Gasteiger partial charge is 0.347 e. The van der Waals surface area contributed by atoms with Gasteiger partial charge in [-0.1, -0.05) is 0 Å². The fraction of sp³-hybridized carbons (Fsp3) is 0.167. The Hall–Kier alpha value is -2.17.